The molecule has 4 N–H and O–H groups in total. The molecule has 0 saturated heterocycles. The molecule has 166 valence electrons. The van der Waals surface area contributed by atoms with Crippen LogP contribution in [0.2, 0.25) is 0 Å². The number of aromatic nitrogens is 3. The van der Waals surface area contributed by atoms with Gasteiger partial charge in [-0.15, -0.1) is 0 Å². The van der Waals surface area contributed by atoms with Gasteiger partial charge in [-0.05, 0) is 67.6 Å². The van der Waals surface area contributed by atoms with Gasteiger partial charge >= 0.3 is 0 Å². The summed E-state index contributed by atoms with van der Waals surface area (Å²) in [6.45, 7) is 0.295. The van der Waals surface area contributed by atoms with Crippen LogP contribution in [0.25, 0.3) is 11.2 Å². The van der Waals surface area contributed by atoms with E-state index in [-0.39, 0.29) is 17.8 Å². The van der Waals surface area contributed by atoms with E-state index in [2.05, 4.69) is 25.6 Å². The van der Waals surface area contributed by atoms with Gasteiger partial charge < -0.3 is 20.7 Å². The highest BCUT2D eigenvalue weighted by Gasteiger charge is 2.54. The number of aromatic amines is 1. The summed E-state index contributed by atoms with van der Waals surface area (Å²) in [6, 6.07) is 6.29. The van der Waals surface area contributed by atoms with E-state index in [1.807, 2.05) is 0 Å². The van der Waals surface area contributed by atoms with Crippen LogP contribution in [0.1, 0.15) is 48.0 Å². The lowest BCUT2D eigenvalue weighted by Gasteiger charge is -2.58. The molecular weight excluding hydrogens is 409 g/mol. The largest absolute Gasteiger partial charge is 0.390 e. The van der Waals surface area contributed by atoms with E-state index in [0.717, 1.165) is 37.7 Å². The van der Waals surface area contributed by atoms with Crippen molar-refractivity contribution in [3.05, 3.63) is 53.7 Å². The van der Waals surface area contributed by atoms with Crippen LogP contribution >= 0.6 is 0 Å². The van der Waals surface area contributed by atoms with Gasteiger partial charge in [0.15, 0.2) is 5.65 Å². The van der Waals surface area contributed by atoms with Crippen molar-refractivity contribution >= 4 is 22.8 Å². The number of imidazole rings is 1. The summed E-state index contributed by atoms with van der Waals surface area (Å²) in [5.41, 5.74) is 2.76. The van der Waals surface area contributed by atoms with Crippen molar-refractivity contribution in [3.8, 4) is 0 Å². The van der Waals surface area contributed by atoms with E-state index in [0.29, 0.717) is 46.7 Å². The molecule has 8 heteroatoms. The van der Waals surface area contributed by atoms with Gasteiger partial charge in [-0.3, -0.25) is 4.79 Å². The summed E-state index contributed by atoms with van der Waals surface area (Å²) in [6.07, 6.45) is 7.98. The second-order valence-electron chi connectivity index (χ2n) is 9.82. The van der Waals surface area contributed by atoms with Gasteiger partial charge in [0.05, 0.1) is 23.2 Å². The molecule has 4 bridgehead atoms. The second-order valence-corrected chi connectivity index (χ2v) is 9.82. The fourth-order valence-corrected chi connectivity index (χ4v) is 6.48. The Morgan fingerprint density at radius 1 is 1.16 bits per heavy atom. The number of amides is 1. The molecule has 0 radical (unpaired) electrons. The number of hydrogen-bond donors (Lipinski definition) is 4. The van der Waals surface area contributed by atoms with Crippen molar-refractivity contribution in [1.29, 1.82) is 0 Å². The Balaban J connectivity index is 1.28. The van der Waals surface area contributed by atoms with Crippen LogP contribution in [0.4, 0.5) is 10.1 Å². The number of nitrogens with zero attached hydrogens (tertiary/aromatic N) is 2. The molecule has 1 aromatic carbocycles. The summed E-state index contributed by atoms with van der Waals surface area (Å²) in [4.78, 5) is 24.9. The molecule has 3 aromatic rings. The molecule has 2 atom stereocenters. The van der Waals surface area contributed by atoms with Crippen LogP contribution in [0, 0.1) is 23.6 Å². The Morgan fingerprint density at radius 3 is 2.62 bits per heavy atom. The third-order valence-corrected chi connectivity index (χ3v) is 7.62. The monoisotopic (exact) mass is 435 g/mol. The van der Waals surface area contributed by atoms with Gasteiger partial charge in [0.2, 0.25) is 0 Å². The molecule has 0 spiro atoms. The first-order valence-corrected chi connectivity index (χ1v) is 11.3. The first kappa shape index (κ1) is 19.7. The smallest absolute Gasteiger partial charge is 0.255 e. The highest BCUT2D eigenvalue weighted by Crippen LogP contribution is 2.56. The number of anilines is 1. The lowest BCUT2D eigenvalue weighted by atomic mass is 9.52. The SMILES string of the molecule is O=C(NCc1ccc(F)cc1)c1cnc2nc[nH]c2c1NC1C2CC3CC1CC(O)(C3)C2. The van der Waals surface area contributed by atoms with E-state index in [4.69, 9.17) is 0 Å². The number of H-pyrrole nitrogens is 1. The highest BCUT2D eigenvalue weighted by atomic mass is 19.1. The van der Waals surface area contributed by atoms with Gasteiger partial charge in [-0.1, -0.05) is 12.1 Å². The van der Waals surface area contributed by atoms with Gasteiger partial charge in [0, 0.05) is 18.8 Å². The molecule has 7 nitrogen and oxygen atoms in total. The van der Waals surface area contributed by atoms with Crippen LogP contribution in [0.15, 0.2) is 36.8 Å². The number of hydrogen-bond acceptors (Lipinski definition) is 5. The Hall–Kier alpha value is -3.00. The number of aliphatic hydroxyl groups is 1. The van der Waals surface area contributed by atoms with Crippen LogP contribution in [0.5, 0.6) is 0 Å². The van der Waals surface area contributed by atoms with Gasteiger partial charge in [0.1, 0.15) is 11.3 Å². The van der Waals surface area contributed by atoms with E-state index < -0.39 is 5.60 Å². The van der Waals surface area contributed by atoms with E-state index in [9.17, 15) is 14.3 Å². The Labute approximate surface area is 184 Å². The highest BCUT2D eigenvalue weighted by molar-refractivity contribution is 6.05. The lowest BCUT2D eigenvalue weighted by Crippen LogP contribution is -2.59. The maximum atomic E-state index is 13.2. The van der Waals surface area contributed by atoms with Crippen molar-refractivity contribution in [1.82, 2.24) is 20.3 Å². The predicted octanol–water partition coefficient (Wildman–Crippen LogP) is 3.38. The second kappa shape index (κ2) is 7.27. The quantitative estimate of drug-likeness (QED) is 0.492. The summed E-state index contributed by atoms with van der Waals surface area (Å²) in [5, 5.41) is 17.5. The fourth-order valence-electron chi connectivity index (χ4n) is 6.48. The molecule has 4 fully saturated rings. The number of rotatable bonds is 5. The van der Waals surface area contributed by atoms with Crippen molar-refractivity contribution in [3.63, 3.8) is 0 Å². The maximum absolute atomic E-state index is 13.2. The van der Waals surface area contributed by atoms with E-state index in [1.165, 1.54) is 12.1 Å². The summed E-state index contributed by atoms with van der Waals surface area (Å²) < 4.78 is 13.2. The zero-order valence-corrected chi connectivity index (χ0v) is 17.6. The lowest BCUT2D eigenvalue weighted by molar-refractivity contribution is -0.129. The predicted molar refractivity (Wildman–Crippen MR) is 117 cm³/mol. The number of carbonyl (C=O) groups is 1. The summed E-state index contributed by atoms with van der Waals surface area (Å²) >= 11 is 0. The molecule has 1 amide bonds. The van der Waals surface area contributed by atoms with Gasteiger partial charge in [0.25, 0.3) is 5.91 Å². The molecule has 32 heavy (non-hydrogen) atoms. The van der Waals surface area contributed by atoms with E-state index >= 15 is 0 Å². The maximum Gasteiger partial charge on any atom is 0.255 e. The Morgan fingerprint density at radius 2 is 1.91 bits per heavy atom. The van der Waals surface area contributed by atoms with Crippen LogP contribution < -0.4 is 10.6 Å². The van der Waals surface area contributed by atoms with Gasteiger partial charge in [-0.2, -0.15) is 0 Å². The average Bonchev–Trinajstić information content (AvgIpc) is 3.24. The Kier molecular flexibility index (Phi) is 4.47. The first-order chi connectivity index (χ1) is 15.5. The molecular formula is C24H26FN5O2. The van der Waals surface area contributed by atoms with Gasteiger partial charge in [-0.25, -0.2) is 14.4 Å². The molecule has 2 unspecified atom stereocenters. The third-order valence-electron chi connectivity index (χ3n) is 7.62. The number of fused-ring (bicyclic) bond motifs is 1. The number of nitrogens with one attached hydrogen (secondary N) is 3. The number of carbonyl (C=O) groups excluding carboxylic acids is 1. The molecule has 2 heterocycles. The minimum Gasteiger partial charge on any atom is -0.390 e. The first-order valence-electron chi connectivity index (χ1n) is 11.3. The molecule has 2 aromatic heterocycles. The summed E-state index contributed by atoms with van der Waals surface area (Å²) in [5.74, 6) is 0.850. The minimum atomic E-state index is -0.508. The topological polar surface area (TPSA) is 103 Å². The number of halogens is 1. The van der Waals surface area contributed by atoms with E-state index in [1.54, 1.807) is 24.7 Å². The minimum absolute atomic E-state index is 0.212. The standard InChI is InChI=1S/C24H26FN5O2/c25-17-3-1-13(2-4-17)10-27-23(31)18-11-26-22-21(28-12-29-22)20(18)30-19-15-5-14-6-16(19)9-24(32,7-14)8-15/h1-4,11-12,14-16,19,32H,5-10H2,(H,27,31)(H2,26,28,29,30). The van der Waals surface area contributed by atoms with Crippen molar-refractivity contribution in [2.24, 2.45) is 17.8 Å². The van der Waals surface area contributed by atoms with Crippen LogP contribution in [0.3, 0.4) is 0 Å². The number of benzene rings is 1. The van der Waals surface area contributed by atoms with Crippen molar-refractivity contribution in [2.45, 2.75) is 50.3 Å². The van der Waals surface area contributed by atoms with Crippen LogP contribution in [-0.2, 0) is 6.54 Å². The van der Waals surface area contributed by atoms with Crippen molar-refractivity contribution in [2.75, 3.05) is 5.32 Å². The molecule has 4 aliphatic rings. The molecule has 0 aliphatic heterocycles. The molecule has 4 aliphatic carbocycles. The van der Waals surface area contributed by atoms with Crippen LogP contribution in [-0.4, -0.2) is 37.6 Å². The third kappa shape index (κ3) is 3.33. The molecule has 4 saturated carbocycles. The fraction of sp³-hybridized carbons (Fsp3) is 0.458. The zero-order valence-electron chi connectivity index (χ0n) is 17.6. The average molecular weight is 436 g/mol. The van der Waals surface area contributed by atoms with Crippen molar-refractivity contribution < 1.29 is 14.3 Å². The number of pyridine rings is 1. The molecule has 7 rings (SSSR count). The Bertz CT molecular complexity index is 1160. The zero-order chi connectivity index (χ0) is 21.9. The summed E-state index contributed by atoms with van der Waals surface area (Å²) in [7, 11) is 0. The normalized spacial score (nSPS) is 30.6.